The van der Waals surface area contributed by atoms with Crippen LogP contribution in [0.4, 0.5) is 11.5 Å². The molecule has 0 aliphatic carbocycles. The van der Waals surface area contributed by atoms with Crippen LogP contribution < -0.4 is 10.2 Å². The molecule has 0 saturated carbocycles. The Morgan fingerprint density at radius 2 is 1.55 bits per heavy atom. The number of hydrogen-bond acceptors (Lipinski definition) is 4. The maximum atomic E-state index is 13.8. The average Bonchev–Trinajstić information content (AvgIpc) is 2.96. The van der Waals surface area contributed by atoms with Crippen LogP contribution in [0.15, 0.2) is 53.4 Å². The third-order valence-corrected chi connectivity index (χ3v) is 6.67. The van der Waals surface area contributed by atoms with Crippen molar-refractivity contribution in [2.24, 2.45) is 0 Å². The first-order chi connectivity index (χ1) is 13.6. The van der Waals surface area contributed by atoms with Gasteiger partial charge in [0.25, 0.3) is 10.0 Å². The Kier molecular flexibility index (Phi) is 5.68. The molecule has 1 aromatic heterocycles. The second-order valence-corrected chi connectivity index (χ2v) is 10.1. The van der Waals surface area contributed by atoms with Gasteiger partial charge in [0.15, 0.2) is 0 Å². The lowest BCUT2D eigenvalue weighted by molar-refractivity contribution is 0.586. The van der Waals surface area contributed by atoms with Crippen LogP contribution in [-0.2, 0) is 10.0 Å². The molecule has 0 saturated heterocycles. The van der Waals surface area contributed by atoms with Gasteiger partial charge in [-0.3, -0.25) is 0 Å². The van der Waals surface area contributed by atoms with Crippen LogP contribution >= 0.6 is 0 Å². The highest BCUT2D eigenvalue weighted by molar-refractivity contribution is 7.90. The smallest absolute Gasteiger partial charge is 0.269 e. The topological polar surface area (TPSA) is 54.3 Å². The molecule has 0 aliphatic rings. The predicted molar refractivity (Wildman–Crippen MR) is 123 cm³/mol. The predicted octanol–water partition coefficient (Wildman–Crippen LogP) is 5.24. The van der Waals surface area contributed by atoms with Gasteiger partial charge in [0.05, 0.1) is 16.1 Å². The molecular weight excluding hydrogens is 382 g/mol. The summed E-state index contributed by atoms with van der Waals surface area (Å²) in [5.41, 5.74) is 2.33. The molecule has 0 bridgehead atoms. The third kappa shape index (κ3) is 3.99. The van der Waals surface area contributed by atoms with Gasteiger partial charge in [-0.2, -0.15) is 0 Å². The second kappa shape index (κ2) is 7.75. The maximum absolute atomic E-state index is 13.8. The van der Waals surface area contributed by atoms with Crippen LogP contribution in [-0.4, -0.2) is 31.0 Å². The number of nitrogens with zero attached hydrogens (tertiary/aromatic N) is 2. The molecule has 0 amide bonds. The molecule has 0 unspecified atom stereocenters. The zero-order valence-corrected chi connectivity index (χ0v) is 19.0. The molecule has 1 heterocycles. The van der Waals surface area contributed by atoms with Crippen LogP contribution in [0.1, 0.15) is 40.2 Å². The number of hydrogen-bond donors (Lipinski definition) is 1. The molecular formula is C23H31N3O2S. The summed E-state index contributed by atoms with van der Waals surface area (Å²) in [5, 5.41) is 4.42. The number of fused-ring (bicyclic) bond motifs is 1. The van der Waals surface area contributed by atoms with E-state index in [1.165, 1.54) is 3.97 Å². The van der Waals surface area contributed by atoms with Crippen LogP contribution in [0, 0.1) is 6.92 Å². The molecule has 0 radical (unpaired) electrons. The van der Waals surface area contributed by atoms with Crippen molar-refractivity contribution in [1.82, 2.24) is 3.97 Å². The quantitative estimate of drug-likeness (QED) is 0.600. The Morgan fingerprint density at radius 3 is 2.10 bits per heavy atom. The highest BCUT2D eigenvalue weighted by atomic mass is 32.2. The molecule has 0 fully saturated rings. The van der Waals surface area contributed by atoms with E-state index in [4.69, 9.17) is 0 Å². The summed E-state index contributed by atoms with van der Waals surface area (Å²) in [5.74, 6) is 0.614. The Hall–Kier alpha value is -2.47. The number of benzene rings is 2. The van der Waals surface area contributed by atoms with E-state index in [0.29, 0.717) is 11.3 Å². The monoisotopic (exact) mass is 413 g/mol. The summed E-state index contributed by atoms with van der Waals surface area (Å²) in [6, 6.07) is 14.7. The number of para-hydroxylation sites is 1. The Labute approximate surface area is 174 Å². The number of rotatable bonds is 6. The first-order valence-corrected chi connectivity index (χ1v) is 11.5. The molecule has 5 nitrogen and oxygen atoms in total. The lowest BCUT2D eigenvalue weighted by Gasteiger charge is -2.28. The van der Waals surface area contributed by atoms with Crippen LogP contribution in [0.25, 0.3) is 10.9 Å². The van der Waals surface area contributed by atoms with Crippen molar-refractivity contribution in [3.63, 3.8) is 0 Å². The van der Waals surface area contributed by atoms with Gasteiger partial charge >= 0.3 is 0 Å². The molecule has 0 atom stereocenters. The minimum absolute atomic E-state index is 0.284. The largest absolute Gasteiger partial charge is 0.369 e. The van der Waals surface area contributed by atoms with Crippen molar-refractivity contribution in [3.8, 4) is 0 Å². The highest BCUT2D eigenvalue weighted by Gasteiger charge is 2.30. The van der Waals surface area contributed by atoms with E-state index in [1.807, 2.05) is 64.1 Å². The summed E-state index contributed by atoms with van der Waals surface area (Å²) in [6.07, 6.45) is 0. The number of anilines is 2. The second-order valence-electron chi connectivity index (χ2n) is 8.34. The van der Waals surface area contributed by atoms with Crippen molar-refractivity contribution in [2.75, 3.05) is 23.3 Å². The summed E-state index contributed by atoms with van der Waals surface area (Å²) < 4.78 is 29.0. The van der Waals surface area contributed by atoms with Gasteiger partial charge in [0, 0.05) is 24.0 Å². The van der Waals surface area contributed by atoms with E-state index in [0.717, 1.165) is 29.7 Å². The first kappa shape index (κ1) is 21.2. The molecule has 3 aromatic rings. The fourth-order valence-electron chi connectivity index (χ4n) is 3.59. The van der Waals surface area contributed by atoms with Crippen molar-refractivity contribution >= 4 is 32.4 Å². The van der Waals surface area contributed by atoms with Gasteiger partial charge in [-0.15, -0.1) is 0 Å². The third-order valence-electron chi connectivity index (χ3n) is 4.94. The van der Waals surface area contributed by atoms with Gasteiger partial charge < -0.3 is 10.2 Å². The normalized spacial score (nSPS) is 12.3. The van der Waals surface area contributed by atoms with Crippen molar-refractivity contribution in [3.05, 3.63) is 54.1 Å². The number of aromatic nitrogens is 1. The maximum Gasteiger partial charge on any atom is 0.269 e. The zero-order valence-electron chi connectivity index (χ0n) is 18.2. The van der Waals surface area contributed by atoms with E-state index < -0.39 is 10.0 Å². The van der Waals surface area contributed by atoms with Gasteiger partial charge in [-0.25, -0.2) is 12.4 Å². The van der Waals surface area contributed by atoms with Gasteiger partial charge in [-0.1, -0.05) is 35.9 Å². The Balaban J connectivity index is 2.42. The van der Waals surface area contributed by atoms with Gasteiger partial charge in [0.2, 0.25) is 0 Å². The summed E-state index contributed by atoms with van der Waals surface area (Å²) in [4.78, 5) is 2.49. The van der Waals surface area contributed by atoms with Crippen molar-refractivity contribution < 1.29 is 8.42 Å². The lowest BCUT2D eigenvalue weighted by Crippen LogP contribution is -2.31. The molecule has 156 valence electrons. The molecule has 3 rings (SSSR count). The fourth-order valence-corrected chi connectivity index (χ4v) is 5.07. The van der Waals surface area contributed by atoms with E-state index in [1.54, 1.807) is 12.1 Å². The van der Waals surface area contributed by atoms with E-state index in [-0.39, 0.29) is 10.4 Å². The summed E-state index contributed by atoms with van der Waals surface area (Å²) >= 11 is 0. The van der Waals surface area contributed by atoms with Crippen molar-refractivity contribution in [2.45, 2.75) is 52.0 Å². The highest BCUT2D eigenvalue weighted by Crippen LogP contribution is 2.41. The molecule has 6 heteroatoms. The Morgan fingerprint density at radius 1 is 0.966 bits per heavy atom. The minimum Gasteiger partial charge on any atom is -0.369 e. The van der Waals surface area contributed by atoms with E-state index in [9.17, 15) is 8.42 Å². The molecule has 29 heavy (non-hydrogen) atoms. The van der Waals surface area contributed by atoms with Crippen LogP contribution in [0.3, 0.4) is 0 Å². The molecule has 0 aliphatic heterocycles. The van der Waals surface area contributed by atoms with E-state index >= 15 is 0 Å². The van der Waals surface area contributed by atoms with Gasteiger partial charge in [0.1, 0.15) is 5.82 Å². The number of aryl methyl sites for hydroxylation is 1. The summed E-state index contributed by atoms with van der Waals surface area (Å²) in [6.45, 7) is 13.8. The van der Waals surface area contributed by atoms with Crippen LogP contribution in [0.2, 0.25) is 0 Å². The van der Waals surface area contributed by atoms with Crippen LogP contribution in [0.5, 0.6) is 0 Å². The average molecular weight is 414 g/mol. The standard InChI is InChI=1S/C23H31N3O2S/c1-7-25(8-2)21-19-11-9-10-12-20(19)26(22(21)24-23(4,5)6)29(27,28)18-15-13-17(3)14-16-18/h9-16,24H,7-8H2,1-6H3. The van der Waals surface area contributed by atoms with Gasteiger partial charge in [-0.05, 0) is 59.7 Å². The summed E-state index contributed by atoms with van der Waals surface area (Å²) in [7, 11) is -3.79. The fraction of sp³-hybridized carbons (Fsp3) is 0.391. The zero-order chi connectivity index (χ0) is 21.4. The first-order valence-electron chi connectivity index (χ1n) is 10.1. The van der Waals surface area contributed by atoms with Crippen molar-refractivity contribution in [1.29, 1.82) is 0 Å². The minimum atomic E-state index is -3.79. The molecule has 1 N–H and O–H groups in total. The molecule has 0 spiro atoms. The Bertz CT molecular complexity index is 1100. The lowest BCUT2D eigenvalue weighted by atomic mass is 10.1. The SMILES string of the molecule is CCN(CC)c1c(NC(C)(C)C)n(S(=O)(=O)c2ccc(C)cc2)c2ccccc12. The molecule has 2 aromatic carbocycles. The number of nitrogens with one attached hydrogen (secondary N) is 1. The van der Waals surface area contributed by atoms with E-state index in [2.05, 4.69) is 24.1 Å².